The number of hydrogen-bond acceptors (Lipinski definition) is 5. The summed E-state index contributed by atoms with van der Waals surface area (Å²) in [6.45, 7) is 0. The lowest BCUT2D eigenvalue weighted by Crippen LogP contribution is -2.12. The van der Waals surface area contributed by atoms with Crippen LogP contribution in [-0.4, -0.2) is 34.4 Å². The molecule has 1 N–H and O–H groups in total. The van der Waals surface area contributed by atoms with Gasteiger partial charge in [-0.05, 0) is 48.5 Å². The minimum absolute atomic E-state index is 0.196. The van der Waals surface area contributed by atoms with Crippen LogP contribution in [-0.2, 0) is 15.5 Å². The molecule has 0 spiro atoms. The number of ether oxygens (including phenoxy) is 1. The van der Waals surface area contributed by atoms with Crippen molar-refractivity contribution < 1.29 is 18.5 Å². The van der Waals surface area contributed by atoms with Crippen molar-refractivity contribution in [3.63, 3.8) is 0 Å². The summed E-state index contributed by atoms with van der Waals surface area (Å²) in [5, 5.41) is 3.35. The predicted molar refractivity (Wildman–Crippen MR) is 118 cm³/mol. The number of anilines is 1. The van der Waals surface area contributed by atoms with Crippen molar-refractivity contribution in [3.8, 4) is 11.3 Å². The summed E-state index contributed by atoms with van der Waals surface area (Å²) in [6, 6.07) is 12.6. The topological polar surface area (TPSA) is 85.4 Å². The molecule has 9 heteroatoms. The molecular weight excluding hydrogens is 447 g/mol. The molecule has 0 saturated carbocycles. The van der Waals surface area contributed by atoms with Gasteiger partial charge in [-0.1, -0.05) is 23.2 Å². The first-order valence-electron chi connectivity index (χ1n) is 8.58. The quantitative estimate of drug-likeness (QED) is 0.548. The van der Waals surface area contributed by atoms with E-state index >= 15 is 0 Å². The van der Waals surface area contributed by atoms with Gasteiger partial charge in [0.05, 0.1) is 34.0 Å². The van der Waals surface area contributed by atoms with E-state index in [4.69, 9.17) is 27.9 Å². The van der Waals surface area contributed by atoms with E-state index in [9.17, 15) is 13.8 Å². The number of methoxy groups -OCH3 is 1. The highest BCUT2D eigenvalue weighted by atomic mass is 35.5. The van der Waals surface area contributed by atoms with Gasteiger partial charge in [0.2, 0.25) is 0 Å². The molecule has 1 heterocycles. The Labute approximate surface area is 185 Å². The molecule has 0 bridgehead atoms. The first-order valence-corrected chi connectivity index (χ1v) is 10.9. The lowest BCUT2D eigenvalue weighted by Gasteiger charge is -2.11. The number of nitrogens with one attached hydrogen (secondary N) is 1. The van der Waals surface area contributed by atoms with Gasteiger partial charge in [-0.25, -0.2) is 4.79 Å². The van der Waals surface area contributed by atoms with Gasteiger partial charge < -0.3 is 10.1 Å². The Balaban J connectivity index is 1.90. The smallest absolute Gasteiger partial charge is 0.337 e. The molecule has 0 saturated heterocycles. The Bertz CT molecular complexity index is 1170. The molecule has 1 unspecified atom stereocenters. The molecule has 3 rings (SSSR count). The zero-order chi connectivity index (χ0) is 21.8. The number of hydrogen-bond donors (Lipinski definition) is 1. The molecule has 1 atom stereocenters. The van der Waals surface area contributed by atoms with Crippen LogP contribution < -0.4 is 5.32 Å². The average Bonchev–Trinajstić information content (AvgIpc) is 2.74. The molecule has 0 radical (unpaired) electrons. The summed E-state index contributed by atoms with van der Waals surface area (Å²) in [5.41, 5.74) is 2.01. The maximum absolute atomic E-state index is 12.6. The molecule has 6 nitrogen and oxygen atoms in total. The second-order valence-corrected chi connectivity index (χ2v) is 8.36. The molecular formula is C21H16Cl2N2O4S. The molecule has 0 aliphatic heterocycles. The zero-order valence-corrected chi connectivity index (χ0v) is 18.3. The normalized spacial score (nSPS) is 11.6. The minimum atomic E-state index is -1.20. The molecule has 30 heavy (non-hydrogen) atoms. The number of carbonyl (C=O) groups excluding carboxylic acids is 2. The highest BCUT2D eigenvalue weighted by Crippen LogP contribution is 2.30. The second-order valence-electron chi connectivity index (χ2n) is 6.17. The van der Waals surface area contributed by atoms with Crippen LogP contribution in [0.15, 0.2) is 59.6 Å². The molecule has 0 aliphatic carbocycles. The van der Waals surface area contributed by atoms with Crippen LogP contribution >= 0.6 is 23.2 Å². The van der Waals surface area contributed by atoms with E-state index in [1.54, 1.807) is 30.3 Å². The zero-order valence-electron chi connectivity index (χ0n) is 15.9. The van der Waals surface area contributed by atoms with Crippen LogP contribution in [0.2, 0.25) is 10.0 Å². The van der Waals surface area contributed by atoms with Crippen molar-refractivity contribution in [3.05, 3.63) is 75.9 Å². The van der Waals surface area contributed by atoms with Crippen LogP contribution in [0.5, 0.6) is 0 Å². The minimum Gasteiger partial charge on any atom is -0.465 e. The number of halogens is 2. The van der Waals surface area contributed by atoms with Crippen molar-refractivity contribution in [1.29, 1.82) is 0 Å². The van der Waals surface area contributed by atoms with Gasteiger partial charge in [-0.15, -0.1) is 0 Å². The Morgan fingerprint density at radius 3 is 2.47 bits per heavy atom. The average molecular weight is 463 g/mol. The summed E-state index contributed by atoms with van der Waals surface area (Å²) >= 11 is 12.5. The number of esters is 1. The molecule has 2 aromatic carbocycles. The third-order valence-corrected chi connectivity index (χ3v) is 5.76. The van der Waals surface area contributed by atoms with Crippen LogP contribution in [0.3, 0.4) is 0 Å². The summed E-state index contributed by atoms with van der Waals surface area (Å²) in [5.74, 6) is -0.927. The number of nitrogens with zero attached hydrogens (tertiary/aromatic N) is 1. The molecule has 154 valence electrons. The maximum atomic E-state index is 12.6. The van der Waals surface area contributed by atoms with E-state index in [1.807, 2.05) is 0 Å². The van der Waals surface area contributed by atoms with E-state index in [2.05, 4.69) is 10.3 Å². The highest BCUT2D eigenvalue weighted by molar-refractivity contribution is 7.84. The molecule has 1 aromatic heterocycles. The van der Waals surface area contributed by atoms with Gasteiger partial charge in [0, 0.05) is 39.4 Å². The van der Waals surface area contributed by atoms with E-state index < -0.39 is 22.7 Å². The van der Waals surface area contributed by atoms with E-state index in [-0.39, 0.29) is 10.6 Å². The molecule has 0 aliphatic rings. The first-order chi connectivity index (χ1) is 14.3. The molecule has 0 fully saturated rings. The lowest BCUT2D eigenvalue weighted by atomic mass is 10.1. The van der Waals surface area contributed by atoms with Gasteiger partial charge in [0.1, 0.15) is 0 Å². The van der Waals surface area contributed by atoms with Crippen LogP contribution in [0, 0.1) is 0 Å². The fourth-order valence-electron chi connectivity index (χ4n) is 2.68. The fourth-order valence-corrected chi connectivity index (χ4v) is 3.77. The summed E-state index contributed by atoms with van der Waals surface area (Å²) in [4.78, 5) is 29.2. The number of pyridine rings is 1. The Morgan fingerprint density at radius 2 is 1.80 bits per heavy atom. The monoisotopic (exact) mass is 462 g/mol. The first kappa shape index (κ1) is 22.0. The number of amides is 1. The van der Waals surface area contributed by atoms with Crippen molar-refractivity contribution in [2.45, 2.75) is 4.90 Å². The van der Waals surface area contributed by atoms with Crippen LogP contribution in [0.1, 0.15) is 20.7 Å². The van der Waals surface area contributed by atoms with Crippen molar-refractivity contribution in [2.75, 3.05) is 18.7 Å². The summed E-state index contributed by atoms with van der Waals surface area (Å²) in [6.07, 6.45) is 3.01. The number of aromatic nitrogens is 1. The van der Waals surface area contributed by atoms with E-state index in [1.165, 1.54) is 37.8 Å². The Hall–Kier alpha value is -2.74. The van der Waals surface area contributed by atoms with Crippen LogP contribution in [0.25, 0.3) is 11.3 Å². The third-order valence-electron chi connectivity index (χ3n) is 4.20. The fraction of sp³-hybridized carbons (Fsp3) is 0.0952. The summed E-state index contributed by atoms with van der Waals surface area (Å²) < 4.78 is 16.3. The lowest BCUT2D eigenvalue weighted by molar-refractivity contribution is 0.0600. The second kappa shape index (κ2) is 9.38. The predicted octanol–water partition coefficient (Wildman–Crippen LogP) is 4.83. The number of benzene rings is 2. The Morgan fingerprint density at radius 1 is 1.03 bits per heavy atom. The molecule has 3 aromatic rings. The standard InChI is InChI=1S/C21H16Cl2N2O4S/c1-29-21(27)12-7-8-24-19(9-12)16-10-13(3-6-17(16)22)25-20(26)15-5-4-14(30(2)28)11-18(15)23/h3-11H,1-2H3,(H,25,26). The van der Waals surface area contributed by atoms with Gasteiger partial charge in [0.15, 0.2) is 0 Å². The van der Waals surface area contributed by atoms with Crippen molar-refractivity contribution in [1.82, 2.24) is 4.98 Å². The maximum Gasteiger partial charge on any atom is 0.337 e. The SMILES string of the molecule is COC(=O)c1ccnc(-c2cc(NC(=O)c3ccc(S(C)=O)cc3Cl)ccc2Cl)c1. The summed E-state index contributed by atoms with van der Waals surface area (Å²) in [7, 11) is 0.0905. The molecule has 1 amide bonds. The van der Waals surface area contributed by atoms with E-state index in [0.717, 1.165) is 0 Å². The van der Waals surface area contributed by atoms with Gasteiger partial charge in [-0.2, -0.15) is 0 Å². The van der Waals surface area contributed by atoms with Gasteiger partial charge >= 0.3 is 5.97 Å². The van der Waals surface area contributed by atoms with E-state index in [0.29, 0.717) is 32.4 Å². The van der Waals surface area contributed by atoms with Crippen molar-refractivity contribution in [2.24, 2.45) is 0 Å². The highest BCUT2D eigenvalue weighted by Gasteiger charge is 2.15. The third kappa shape index (κ3) is 4.87. The van der Waals surface area contributed by atoms with Crippen molar-refractivity contribution >= 4 is 51.6 Å². The number of carbonyl (C=O) groups is 2. The Kier molecular flexibility index (Phi) is 6.87. The van der Waals surface area contributed by atoms with Gasteiger partial charge in [-0.3, -0.25) is 14.0 Å². The number of rotatable bonds is 5. The van der Waals surface area contributed by atoms with Gasteiger partial charge in [0.25, 0.3) is 5.91 Å². The van der Waals surface area contributed by atoms with Crippen LogP contribution in [0.4, 0.5) is 5.69 Å². The largest absolute Gasteiger partial charge is 0.465 e.